The first-order valence-electron chi connectivity index (χ1n) is 7.46. The van der Waals surface area contributed by atoms with Crippen LogP contribution in [0.15, 0.2) is 24.3 Å². The zero-order valence-corrected chi connectivity index (χ0v) is 13.9. The number of aromatic nitrogens is 1. The maximum Gasteiger partial charge on any atom is 0.193 e. The lowest BCUT2D eigenvalue weighted by Crippen LogP contribution is -2.26. The summed E-state index contributed by atoms with van der Waals surface area (Å²) in [5.74, 6) is -0.389. The van der Waals surface area contributed by atoms with E-state index in [4.69, 9.17) is 0 Å². The summed E-state index contributed by atoms with van der Waals surface area (Å²) in [4.78, 5) is 29.0. The minimum absolute atomic E-state index is 0.0463. The molecule has 0 atom stereocenters. The van der Waals surface area contributed by atoms with E-state index in [9.17, 15) is 14.0 Å². The monoisotopic (exact) mass is 316 g/mol. The number of ketones is 2. The number of Topliss-reactive ketones (excluding diaryl/α,β-unsaturated/α-hetero) is 2. The van der Waals surface area contributed by atoms with E-state index in [1.807, 2.05) is 11.9 Å². The summed E-state index contributed by atoms with van der Waals surface area (Å²) in [6, 6.07) is 6.22. The molecule has 0 saturated carbocycles. The van der Waals surface area contributed by atoms with Gasteiger partial charge in [0.25, 0.3) is 0 Å². The molecule has 2 aromatic rings. The Balaban J connectivity index is 2.08. The van der Waals surface area contributed by atoms with Gasteiger partial charge in [0.2, 0.25) is 0 Å². The topological polar surface area (TPSA) is 53.2 Å². The third-order valence-electron chi connectivity index (χ3n) is 3.85. The number of hydrogen-bond acceptors (Lipinski definition) is 3. The fourth-order valence-electron chi connectivity index (χ4n) is 2.84. The normalized spacial score (nSPS) is 11.0. The molecule has 0 aliphatic heterocycles. The maximum absolute atomic E-state index is 12.9. The van der Waals surface area contributed by atoms with Gasteiger partial charge in [-0.05, 0) is 51.1 Å². The Kier molecular flexibility index (Phi) is 5.11. The Hall–Kier alpha value is -2.27. The quantitative estimate of drug-likeness (QED) is 0.832. The second-order valence-electron chi connectivity index (χ2n) is 5.90. The minimum Gasteiger partial charge on any atom is -0.355 e. The predicted molar refractivity (Wildman–Crippen MR) is 87.3 cm³/mol. The van der Waals surface area contributed by atoms with E-state index in [0.717, 1.165) is 11.3 Å². The Labute approximate surface area is 135 Å². The number of benzene rings is 1. The van der Waals surface area contributed by atoms with Crippen LogP contribution >= 0.6 is 0 Å². The number of likely N-dealkylation sites (N-methyl/N-ethyl adjacent to an activating group) is 1. The minimum atomic E-state index is -0.276. The van der Waals surface area contributed by atoms with Crippen molar-refractivity contribution in [3.05, 3.63) is 58.2 Å². The maximum atomic E-state index is 12.9. The standard InChI is InChI=1S/C18H21FN2O2/c1-11-17(13(3)22)12(2)20-18(11)16(23)10-21(4)9-14-5-7-15(19)8-6-14/h5-8,20H,9-10H2,1-4H3. The molecule has 0 saturated heterocycles. The van der Waals surface area contributed by atoms with Crippen molar-refractivity contribution in [2.24, 2.45) is 0 Å². The highest BCUT2D eigenvalue weighted by Gasteiger charge is 2.20. The van der Waals surface area contributed by atoms with Crippen molar-refractivity contribution in [2.45, 2.75) is 27.3 Å². The van der Waals surface area contributed by atoms with Crippen LogP contribution in [0, 0.1) is 19.7 Å². The average Bonchev–Trinajstić information content (AvgIpc) is 2.76. The van der Waals surface area contributed by atoms with Gasteiger partial charge in [-0.1, -0.05) is 12.1 Å². The molecule has 0 aliphatic rings. The molecule has 0 amide bonds. The van der Waals surface area contributed by atoms with Gasteiger partial charge >= 0.3 is 0 Å². The molecular weight excluding hydrogens is 295 g/mol. The van der Waals surface area contributed by atoms with Crippen LogP contribution in [0.1, 0.15) is 44.6 Å². The van der Waals surface area contributed by atoms with Gasteiger partial charge in [-0.2, -0.15) is 0 Å². The number of rotatable bonds is 6. The molecule has 0 spiro atoms. The van der Waals surface area contributed by atoms with Crippen LogP contribution in [0.25, 0.3) is 0 Å². The van der Waals surface area contributed by atoms with Gasteiger partial charge in [0.15, 0.2) is 11.6 Å². The van der Waals surface area contributed by atoms with Crippen molar-refractivity contribution in [2.75, 3.05) is 13.6 Å². The Morgan fingerprint density at radius 1 is 1.17 bits per heavy atom. The molecule has 122 valence electrons. The van der Waals surface area contributed by atoms with Gasteiger partial charge in [-0.15, -0.1) is 0 Å². The average molecular weight is 316 g/mol. The summed E-state index contributed by atoms with van der Waals surface area (Å²) in [5.41, 5.74) is 3.44. The lowest BCUT2D eigenvalue weighted by atomic mass is 10.1. The SMILES string of the molecule is CC(=O)c1c(C)[nH]c(C(=O)CN(C)Cc2ccc(F)cc2)c1C. The second-order valence-corrected chi connectivity index (χ2v) is 5.90. The largest absolute Gasteiger partial charge is 0.355 e. The number of nitrogens with zero attached hydrogens (tertiary/aromatic N) is 1. The summed E-state index contributed by atoms with van der Waals surface area (Å²) in [6.45, 7) is 5.84. The molecule has 0 radical (unpaired) electrons. The third-order valence-corrected chi connectivity index (χ3v) is 3.85. The molecular formula is C18H21FN2O2. The van der Waals surface area contributed by atoms with Crippen molar-refractivity contribution >= 4 is 11.6 Å². The predicted octanol–water partition coefficient (Wildman–Crippen LogP) is 3.29. The van der Waals surface area contributed by atoms with Crippen LogP contribution < -0.4 is 0 Å². The number of carbonyl (C=O) groups is 2. The van der Waals surface area contributed by atoms with E-state index in [-0.39, 0.29) is 23.9 Å². The number of aromatic amines is 1. The molecule has 0 aliphatic carbocycles. The molecule has 1 aromatic heterocycles. The fraction of sp³-hybridized carbons (Fsp3) is 0.333. The molecule has 0 unspecified atom stereocenters. The molecule has 1 heterocycles. The van der Waals surface area contributed by atoms with Gasteiger partial charge in [-0.3, -0.25) is 14.5 Å². The number of aryl methyl sites for hydroxylation is 1. The van der Waals surface area contributed by atoms with Crippen molar-refractivity contribution < 1.29 is 14.0 Å². The number of halogens is 1. The highest BCUT2D eigenvalue weighted by atomic mass is 19.1. The van der Waals surface area contributed by atoms with Crippen LogP contribution in [0.2, 0.25) is 0 Å². The molecule has 5 heteroatoms. The van der Waals surface area contributed by atoms with E-state index in [0.29, 0.717) is 23.4 Å². The molecule has 0 bridgehead atoms. The van der Waals surface area contributed by atoms with Gasteiger partial charge in [0.1, 0.15) is 5.82 Å². The number of nitrogens with one attached hydrogen (secondary N) is 1. The van der Waals surface area contributed by atoms with Crippen molar-refractivity contribution in [1.82, 2.24) is 9.88 Å². The van der Waals surface area contributed by atoms with Crippen molar-refractivity contribution in [3.8, 4) is 0 Å². The number of carbonyl (C=O) groups excluding carboxylic acids is 2. The van der Waals surface area contributed by atoms with E-state index in [1.54, 1.807) is 26.0 Å². The van der Waals surface area contributed by atoms with Gasteiger partial charge in [-0.25, -0.2) is 4.39 Å². The van der Waals surface area contributed by atoms with E-state index < -0.39 is 0 Å². The van der Waals surface area contributed by atoms with Crippen LogP contribution in [0.4, 0.5) is 4.39 Å². The van der Waals surface area contributed by atoms with Gasteiger partial charge in [0.05, 0.1) is 12.2 Å². The third kappa shape index (κ3) is 3.93. The van der Waals surface area contributed by atoms with Crippen molar-refractivity contribution in [1.29, 1.82) is 0 Å². The summed E-state index contributed by atoms with van der Waals surface area (Å²) in [6.07, 6.45) is 0. The molecule has 4 nitrogen and oxygen atoms in total. The smallest absolute Gasteiger partial charge is 0.193 e. The number of H-pyrrole nitrogens is 1. The summed E-state index contributed by atoms with van der Waals surface area (Å²) < 4.78 is 12.9. The lowest BCUT2D eigenvalue weighted by Gasteiger charge is -2.15. The van der Waals surface area contributed by atoms with Gasteiger partial charge < -0.3 is 4.98 Å². The Morgan fingerprint density at radius 2 is 1.78 bits per heavy atom. The number of hydrogen-bond donors (Lipinski definition) is 1. The lowest BCUT2D eigenvalue weighted by molar-refractivity contribution is 0.0937. The Bertz CT molecular complexity index is 732. The first kappa shape index (κ1) is 17.1. The summed E-state index contributed by atoms with van der Waals surface area (Å²) >= 11 is 0. The zero-order chi connectivity index (χ0) is 17.1. The van der Waals surface area contributed by atoms with Crippen LogP contribution in [-0.4, -0.2) is 35.0 Å². The second kappa shape index (κ2) is 6.87. The van der Waals surface area contributed by atoms with Crippen LogP contribution in [-0.2, 0) is 6.54 Å². The molecule has 1 N–H and O–H groups in total. The molecule has 2 rings (SSSR count). The first-order chi connectivity index (χ1) is 10.8. The Morgan fingerprint density at radius 3 is 2.30 bits per heavy atom. The molecule has 23 heavy (non-hydrogen) atoms. The van der Waals surface area contributed by atoms with Crippen LogP contribution in [0.5, 0.6) is 0 Å². The zero-order valence-electron chi connectivity index (χ0n) is 13.9. The fourth-order valence-corrected chi connectivity index (χ4v) is 2.84. The first-order valence-corrected chi connectivity index (χ1v) is 7.46. The molecule has 0 fully saturated rings. The van der Waals surface area contributed by atoms with Crippen molar-refractivity contribution in [3.63, 3.8) is 0 Å². The highest BCUT2D eigenvalue weighted by Crippen LogP contribution is 2.19. The van der Waals surface area contributed by atoms with E-state index in [1.165, 1.54) is 19.1 Å². The highest BCUT2D eigenvalue weighted by molar-refractivity contribution is 6.03. The summed E-state index contributed by atoms with van der Waals surface area (Å²) in [7, 11) is 1.83. The molecule has 1 aromatic carbocycles. The van der Waals surface area contributed by atoms with Gasteiger partial charge in [0, 0.05) is 17.8 Å². The van der Waals surface area contributed by atoms with E-state index >= 15 is 0 Å². The van der Waals surface area contributed by atoms with E-state index in [2.05, 4.69) is 4.98 Å². The van der Waals surface area contributed by atoms with Crippen LogP contribution in [0.3, 0.4) is 0 Å². The summed E-state index contributed by atoms with van der Waals surface area (Å²) in [5, 5.41) is 0.